The number of hydrogen-bond acceptors (Lipinski definition) is 3. The highest BCUT2D eigenvalue weighted by Gasteiger charge is 1.96. The lowest BCUT2D eigenvalue weighted by atomic mass is 10.5. The molecular formula is C7H7N3S. The molecule has 0 saturated heterocycles. The van der Waals surface area contributed by atoms with Crippen LogP contribution < -0.4 is 5.73 Å². The fourth-order valence-corrected chi connectivity index (χ4v) is 1.49. The van der Waals surface area contributed by atoms with Gasteiger partial charge in [0.05, 0.1) is 5.69 Å². The maximum atomic E-state index is 5.46. The van der Waals surface area contributed by atoms with E-state index < -0.39 is 0 Å². The van der Waals surface area contributed by atoms with E-state index in [9.17, 15) is 0 Å². The second-order valence-electron chi connectivity index (χ2n) is 2.17. The summed E-state index contributed by atoms with van der Waals surface area (Å²) >= 11 is 1.64. The summed E-state index contributed by atoms with van der Waals surface area (Å²) < 4.78 is 1.76. The smallest absolute Gasteiger partial charge is 0.145 e. The lowest BCUT2D eigenvalue weighted by Gasteiger charge is -1.92. The Labute approximate surface area is 68.1 Å². The molecule has 4 heteroatoms. The SMILES string of the molecule is Nc1ccn(-c2ccsc2)n1. The van der Waals surface area contributed by atoms with Gasteiger partial charge in [0.1, 0.15) is 5.82 Å². The van der Waals surface area contributed by atoms with Crippen molar-refractivity contribution in [2.75, 3.05) is 5.73 Å². The van der Waals surface area contributed by atoms with Crippen LogP contribution in [-0.4, -0.2) is 9.78 Å². The highest BCUT2D eigenvalue weighted by molar-refractivity contribution is 7.08. The molecule has 0 aliphatic heterocycles. The van der Waals surface area contributed by atoms with Crippen molar-refractivity contribution in [2.24, 2.45) is 0 Å². The molecular weight excluding hydrogens is 158 g/mol. The zero-order chi connectivity index (χ0) is 7.68. The van der Waals surface area contributed by atoms with Gasteiger partial charge in [-0.2, -0.15) is 16.4 Å². The number of nitrogens with zero attached hydrogens (tertiary/aromatic N) is 2. The topological polar surface area (TPSA) is 43.8 Å². The minimum Gasteiger partial charge on any atom is -0.382 e. The molecule has 0 bridgehead atoms. The molecule has 0 atom stereocenters. The van der Waals surface area contributed by atoms with E-state index in [0.29, 0.717) is 5.82 Å². The normalized spacial score (nSPS) is 10.2. The number of rotatable bonds is 1. The van der Waals surface area contributed by atoms with Crippen molar-refractivity contribution in [2.45, 2.75) is 0 Å². The Hall–Kier alpha value is -1.29. The van der Waals surface area contributed by atoms with Crippen LogP contribution >= 0.6 is 11.3 Å². The number of anilines is 1. The minimum absolute atomic E-state index is 0.552. The molecule has 56 valence electrons. The van der Waals surface area contributed by atoms with Gasteiger partial charge < -0.3 is 5.73 Å². The van der Waals surface area contributed by atoms with E-state index >= 15 is 0 Å². The van der Waals surface area contributed by atoms with Gasteiger partial charge in [-0.05, 0) is 11.4 Å². The lowest BCUT2D eigenvalue weighted by molar-refractivity contribution is 0.890. The van der Waals surface area contributed by atoms with Gasteiger partial charge in [0, 0.05) is 17.6 Å². The quantitative estimate of drug-likeness (QED) is 0.696. The van der Waals surface area contributed by atoms with Crippen LogP contribution in [-0.2, 0) is 0 Å². The molecule has 2 N–H and O–H groups in total. The number of nitrogens with two attached hydrogens (primary N) is 1. The molecule has 3 nitrogen and oxygen atoms in total. The van der Waals surface area contributed by atoms with Crippen LogP contribution in [0.25, 0.3) is 5.69 Å². The fourth-order valence-electron chi connectivity index (χ4n) is 0.869. The second kappa shape index (κ2) is 2.39. The standard InChI is InChI=1S/C7H7N3S/c8-7-1-3-10(9-7)6-2-4-11-5-6/h1-5H,(H2,8,9). The lowest BCUT2D eigenvalue weighted by Crippen LogP contribution is -1.93. The number of aromatic nitrogens is 2. The highest BCUT2D eigenvalue weighted by atomic mass is 32.1. The van der Waals surface area contributed by atoms with E-state index in [4.69, 9.17) is 5.73 Å². The van der Waals surface area contributed by atoms with Crippen LogP contribution in [0.4, 0.5) is 5.82 Å². The van der Waals surface area contributed by atoms with Gasteiger partial charge in [-0.25, -0.2) is 4.68 Å². The highest BCUT2D eigenvalue weighted by Crippen LogP contribution is 2.11. The van der Waals surface area contributed by atoms with Crippen LogP contribution in [0.1, 0.15) is 0 Å². The Kier molecular flexibility index (Phi) is 1.40. The minimum atomic E-state index is 0.552. The molecule has 0 fully saturated rings. The van der Waals surface area contributed by atoms with Crippen LogP contribution in [0.5, 0.6) is 0 Å². The van der Waals surface area contributed by atoms with E-state index in [1.54, 1.807) is 22.1 Å². The summed E-state index contributed by atoms with van der Waals surface area (Å²) in [5.74, 6) is 0.552. The van der Waals surface area contributed by atoms with Crippen molar-refractivity contribution in [3.8, 4) is 5.69 Å². The van der Waals surface area contributed by atoms with Crippen molar-refractivity contribution in [1.29, 1.82) is 0 Å². The first-order valence-electron chi connectivity index (χ1n) is 3.20. The van der Waals surface area contributed by atoms with Crippen molar-refractivity contribution in [3.05, 3.63) is 29.1 Å². The molecule has 2 aromatic heterocycles. The van der Waals surface area contributed by atoms with Gasteiger partial charge in [0.25, 0.3) is 0 Å². The van der Waals surface area contributed by atoms with Crippen molar-refractivity contribution >= 4 is 17.2 Å². The molecule has 0 amide bonds. The maximum absolute atomic E-state index is 5.46. The summed E-state index contributed by atoms with van der Waals surface area (Å²) in [6.07, 6.45) is 1.84. The summed E-state index contributed by atoms with van der Waals surface area (Å²) in [7, 11) is 0. The molecule has 2 heterocycles. The van der Waals surface area contributed by atoms with E-state index in [1.807, 2.05) is 23.0 Å². The molecule has 0 saturated carbocycles. The van der Waals surface area contributed by atoms with Gasteiger partial charge in [-0.1, -0.05) is 0 Å². The number of thiophene rings is 1. The first-order chi connectivity index (χ1) is 5.36. The van der Waals surface area contributed by atoms with E-state index in [-0.39, 0.29) is 0 Å². The summed E-state index contributed by atoms with van der Waals surface area (Å²) in [6.45, 7) is 0. The summed E-state index contributed by atoms with van der Waals surface area (Å²) in [6, 6.07) is 3.77. The average Bonchev–Trinajstić information content (AvgIpc) is 2.55. The Morgan fingerprint density at radius 3 is 2.91 bits per heavy atom. The molecule has 2 rings (SSSR count). The van der Waals surface area contributed by atoms with E-state index in [2.05, 4.69) is 5.10 Å². The zero-order valence-corrected chi connectivity index (χ0v) is 6.58. The first-order valence-corrected chi connectivity index (χ1v) is 4.14. The van der Waals surface area contributed by atoms with Gasteiger partial charge >= 0.3 is 0 Å². The third kappa shape index (κ3) is 1.12. The summed E-state index contributed by atoms with van der Waals surface area (Å²) in [4.78, 5) is 0. The first kappa shape index (κ1) is 6.42. The van der Waals surface area contributed by atoms with Crippen LogP contribution in [0.2, 0.25) is 0 Å². The molecule has 0 aliphatic rings. The van der Waals surface area contributed by atoms with E-state index in [1.165, 1.54) is 0 Å². The molecule has 0 unspecified atom stereocenters. The Morgan fingerprint density at radius 2 is 2.36 bits per heavy atom. The monoisotopic (exact) mass is 165 g/mol. The summed E-state index contributed by atoms with van der Waals surface area (Å²) in [5, 5.41) is 8.08. The van der Waals surface area contributed by atoms with Gasteiger partial charge in [-0.15, -0.1) is 0 Å². The molecule has 0 aromatic carbocycles. The number of hydrogen-bond donors (Lipinski definition) is 1. The third-order valence-corrected chi connectivity index (χ3v) is 2.05. The Morgan fingerprint density at radius 1 is 1.45 bits per heavy atom. The largest absolute Gasteiger partial charge is 0.382 e. The van der Waals surface area contributed by atoms with Gasteiger partial charge in [0.2, 0.25) is 0 Å². The predicted octanol–water partition coefficient (Wildman–Crippen LogP) is 1.52. The van der Waals surface area contributed by atoms with E-state index in [0.717, 1.165) is 5.69 Å². The molecule has 0 aliphatic carbocycles. The van der Waals surface area contributed by atoms with Crippen LogP contribution in [0, 0.1) is 0 Å². The Balaban J connectivity index is 2.45. The van der Waals surface area contributed by atoms with Gasteiger partial charge in [0.15, 0.2) is 0 Å². The third-order valence-electron chi connectivity index (χ3n) is 1.38. The second-order valence-corrected chi connectivity index (χ2v) is 2.95. The van der Waals surface area contributed by atoms with Crippen LogP contribution in [0.3, 0.4) is 0 Å². The van der Waals surface area contributed by atoms with Gasteiger partial charge in [-0.3, -0.25) is 0 Å². The Bertz CT molecular complexity index is 336. The molecule has 2 aromatic rings. The number of nitrogen functional groups attached to an aromatic ring is 1. The molecule has 0 radical (unpaired) electrons. The zero-order valence-electron chi connectivity index (χ0n) is 5.77. The maximum Gasteiger partial charge on any atom is 0.145 e. The predicted molar refractivity (Wildman–Crippen MR) is 45.9 cm³/mol. The van der Waals surface area contributed by atoms with Crippen molar-refractivity contribution < 1.29 is 0 Å². The molecule has 11 heavy (non-hydrogen) atoms. The van der Waals surface area contributed by atoms with Crippen molar-refractivity contribution in [3.63, 3.8) is 0 Å². The van der Waals surface area contributed by atoms with Crippen molar-refractivity contribution in [1.82, 2.24) is 9.78 Å². The van der Waals surface area contributed by atoms with Crippen LogP contribution in [0.15, 0.2) is 29.1 Å². The fraction of sp³-hybridized carbons (Fsp3) is 0. The summed E-state index contributed by atoms with van der Waals surface area (Å²) in [5.41, 5.74) is 6.52. The average molecular weight is 165 g/mol. The molecule has 0 spiro atoms.